The molecule has 3 heteroatoms. The van der Waals surface area contributed by atoms with Gasteiger partial charge in [0, 0.05) is 18.9 Å². The number of para-hydroxylation sites is 1. The van der Waals surface area contributed by atoms with Crippen molar-refractivity contribution < 1.29 is 9.47 Å². The number of rotatable bonds is 3. The summed E-state index contributed by atoms with van der Waals surface area (Å²) < 4.78 is 11.6. The zero-order valence-corrected chi connectivity index (χ0v) is 9.03. The summed E-state index contributed by atoms with van der Waals surface area (Å²) in [5.74, 6) is 0.427. The molecule has 1 aromatic carbocycles. The lowest BCUT2D eigenvalue weighted by molar-refractivity contribution is -0.197. The highest BCUT2D eigenvalue weighted by Crippen LogP contribution is 2.33. The standard InChI is InChI=1S/C12H17NO2/c1-12(7-4-8-13)14-9-10-5-2-3-6-11(10)15-12/h2-3,5-6H,4,7-9,13H2,1H3. The molecule has 1 atom stereocenters. The van der Waals surface area contributed by atoms with Crippen molar-refractivity contribution in [1.29, 1.82) is 0 Å². The maximum Gasteiger partial charge on any atom is 0.208 e. The first-order chi connectivity index (χ1) is 7.23. The van der Waals surface area contributed by atoms with Crippen molar-refractivity contribution in [2.45, 2.75) is 32.2 Å². The van der Waals surface area contributed by atoms with E-state index in [9.17, 15) is 0 Å². The molecule has 2 rings (SSSR count). The maximum atomic E-state index is 5.84. The maximum absolute atomic E-state index is 5.84. The first kappa shape index (κ1) is 10.5. The molecule has 3 nitrogen and oxygen atoms in total. The minimum Gasteiger partial charge on any atom is -0.462 e. The Morgan fingerprint density at radius 1 is 1.40 bits per heavy atom. The van der Waals surface area contributed by atoms with Crippen molar-refractivity contribution in [3.05, 3.63) is 29.8 Å². The fourth-order valence-corrected chi connectivity index (χ4v) is 1.76. The molecular formula is C12H17NO2. The summed E-state index contributed by atoms with van der Waals surface area (Å²) in [7, 11) is 0. The molecule has 15 heavy (non-hydrogen) atoms. The minimum atomic E-state index is -0.506. The molecule has 2 N–H and O–H groups in total. The summed E-state index contributed by atoms with van der Waals surface area (Å²) >= 11 is 0. The fourth-order valence-electron chi connectivity index (χ4n) is 1.76. The zero-order chi connectivity index (χ0) is 10.7. The Hall–Kier alpha value is -1.06. The monoisotopic (exact) mass is 207 g/mol. The third-order valence-electron chi connectivity index (χ3n) is 2.67. The Morgan fingerprint density at radius 3 is 3.00 bits per heavy atom. The topological polar surface area (TPSA) is 44.5 Å². The van der Waals surface area contributed by atoms with Crippen LogP contribution in [-0.4, -0.2) is 12.3 Å². The summed E-state index contributed by atoms with van der Waals surface area (Å²) in [6.45, 7) is 3.26. The summed E-state index contributed by atoms with van der Waals surface area (Å²) in [5, 5.41) is 0. The van der Waals surface area contributed by atoms with Crippen molar-refractivity contribution in [2.24, 2.45) is 5.73 Å². The molecule has 1 unspecified atom stereocenters. The summed E-state index contributed by atoms with van der Waals surface area (Å²) in [6, 6.07) is 7.98. The molecule has 0 spiro atoms. The molecule has 0 fully saturated rings. The summed E-state index contributed by atoms with van der Waals surface area (Å²) in [5.41, 5.74) is 6.60. The molecule has 0 bridgehead atoms. The number of ether oxygens (including phenoxy) is 2. The van der Waals surface area contributed by atoms with E-state index in [1.54, 1.807) is 0 Å². The molecule has 0 saturated carbocycles. The van der Waals surface area contributed by atoms with E-state index in [-0.39, 0.29) is 0 Å². The van der Waals surface area contributed by atoms with E-state index in [4.69, 9.17) is 15.2 Å². The van der Waals surface area contributed by atoms with Gasteiger partial charge >= 0.3 is 0 Å². The molecule has 0 radical (unpaired) electrons. The van der Waals surface area contributed by atoms with Crippen molar-refractivity contribution in [2.75, 3.05) is 6.54 Å². The van der Waals surface area contributed by atoms with E-state index in [2.05, 4.69) is 0 Å². The number of nitrogens with two attached hydrogens (primary N) is 1. The normalized spacial score (nSPS) is 24.4. The largest absolute Gasteiger partial charge is 0.462 e. The van der Waals surface area contributed by atoms with Crippen LogP contribution in [0.2, 0.25) is 0 Å². The van der Waals surface area contributed by atoms with Gasteiger partial charge in [-0.3, -0.25) is 0 Å². The van der Waals surface area contributed by atoms with E-state index in [0.29, 0.717) is 13.2 Å². The molecule has 1 heterocycles. The third kappa shape index (κ3) is 2.30. The van der Waals surface area contributed by atoms with Gasteiger partial charge in [0.25, 0.3) is 0 Å². The first-order valence-electron chi connectivity index (χ1n) is 5.34. The van der Waals surface area contributed by atoms with Gasteiger partial charge in [-0.15, -0.1) is 0 Å². The predicted molar refractivity (Wildman–Crippen MR) is 58.6 cm³/mol. The number of fused-ring (bicyclic) bond motifs is 1. The van der Waals surface area contributed by atoms with Gasteiger partial charge in [0.05, 0.1) is 6.61 Å². The van der Waals surface area contributed by atoms with Gasteiger partial charge in [-0.25, -0.2) is 0 Å². The second kappa shape index (κ2) is 4.21. The van der Waals surface area contributed by atoms with Crippen LogP contribution in [0.5, 0.6) is 5.75 Å². The highest BCUT2D eigenvalue weighted by Gasteiger charge is 2.31. The smallest absolute Gasteiger partial charge is 0.208 e. The lowest BCUT2D eigenvalue weighted by Gasteiger charge is -2.35. The van der Waals surface area contributed by atoms with E-state index in [1.165, 1.54) is 0 Å². The quantitative estimate of drug-likeness (QED) is 0.825. The number of benzene rings is 1. The minimum absolute atomic E-state index is 0.506. The molecule has 1 aliphatic rings. The summed E-state index contributed by atoms with van der Waals surface area (Å²) in [4.78, 5) is 0. The van der Waals surface area contributed by atoms with Crippen molar-refractivity contribution in [1.82, 2.24) is 0 Å². The van der Waals surface area contributed by atoms with Crippen LogP contribution >= 0.6 is 0 Å². The highest BCUT2D eigenvalue weighted by molar-refractivity contribution is 5.34. The second-order valence-electron chi connectivity index (χ2n) is 4.02. The van der Waals surface area contributed by atoms with E-state index in [0.717, 1.165) is 24.2 Å². The Kier molecular flexibility index (Phi) is 2.93. The van der Waals surface area contributed by atoms with Crippen molar-refractivity contribution in [3.8, 4) is 5.75 Å². The highest BCUT2D eigenvalue weighted by atomic mass is 16.7. The second-order valence-corrected chi connectivity index (χ2v) is 4.02. The number of hydrogen-bond donors (Lipinski definition) is 1. The molecule has 0 aromatic heterocycles. The van der Waals surface area contributed by atoms with Gasteiger partial charge in [-0.1, -0.05) is 18.2 Å². The predicted octanol–water partition coefficient (Wildman–Crippen LogP) is 2.05. The summed E-state index contributed by atoms with van der Waals surface area (Å²) in [6.07, 6.45) is 1.75. The Labute approximate surface area is 90.2 Å². The SMILES string of the molecule is CC1(CCCN)OCc2ccccc2O1. The molecular weight excluding hydrogens is 190 g/mol. The Bertz CT molecular complexity index is 340. The van der Waals surface area contributed by atoms with Gasteiger partial charge in [-0.05, 0) is 19.0 Å². The van der Waals surface area contributed by atoms with E-state index >= 15 is 0 Å². The van der Waals surface area contributed by atoms with E-state index < -0.39 is 5.79 Å². The van der Waals surface area contributed by atoms with Crippen LogP contribution in [0.1, 0.15) is 25.3 Å². The van der Waals surface area contributed by atoms with Gasteiger partial charge in [-0.2, -0.15) is 0 Å². The fraction of sp³-hybridized carbons (Fsp3) is 0.500. The first-order valence-corrected chi connectivity index (χ1v) is 5.34. The number of hydrogen-bond acceptors (Lipinski definition) is 3. The molecule has 82 valence electrons. The van der Waals surface area contributed by atoms with Crippen LogP contribution in [0.15, 0.2) is 24.3 Å². The van der Waals surface area contributed by atoms with Gasteiger partial charge in [0.2, 0.25) is 5.79 Å². The third-order valence-corrected chi connectivity index (χ3v) is 2.67. The van der Waals surface area contributed by atoms with Crippen molar-refractivity contribution in [3.63, 3.8) is 0 Å². The molecule has 1 aromatic rings. The molecule has 1 aliphatic heterocycles. The Balaban J connectivity index is 2.10. The Morgan fingerprint density at radius 2 is 2.20 bits per heavy atom. The lowest BCUT2D eigenvalue weighted by atomic mass is 10.1. The zero-order valence-electron chi connectivity index (χ0n) is 9.03. The van der Waals surface area contributed by atoms with Gasteiger partial charge < -0.3 is 15.2 Å². The average molecular weight is 207 g/mol. The van der Waals surface area contributed by atoms with Crippen LogP contribution in [0.3, 0.4) is 0 Å². The molecule has 0 saturated heterocycles. The van der Waals surface area contributed by atoms with Crippen LogP contribution in [0.25, 0.3) is 0 Å². The van der Waals surface area contributed by atoms with Crippen LogP contribution in [-0.2, 0) is 11.3 Å². The van der Waals surface area contributed by atoms with Crippen molar-refractivity contribution >= 4 is 0 Å². The van der Waals surface area contributed by atoms with Crippen LogP contribution in [0.4, 0.5) is 0 Å². The van der Waals surface area contributed by atoms with Gasteiger partial charge in [0.15, 0.2) is 0 Å². The van der Waals surface area contributed by atoms with Crippen LogP contribution in [0, 0.1) is 0 Å². The van der Waals surface area contributed by atoms with Gasteiger partial charge in [0.1, 0.15) is 5.75 Å². The van der Waals surface area contributed by atoms with Crippen LogP contribution < -0.4 is 10.5 Å². The lowest BCUT2D eigenvalue weighted by Crippen LogP contribution is -2.39. The van der Waals surface area contributed by atoms with E-state index in [1.807, 2.05) is 31.2 Å². The molecule has 0 amide bonds. The molecule has 0 aliphatic carbocycles. The average Bonchev–Trinajstić information content (AvgIpc) is 2.26.